The fourth-order valence-corrected chi connectivity index (χ4v) is 4.12. The molecule has 2 aromatic heterocycles. The lowest BCUT2D eigenvalue weighted by Crippen LogP contribution is -2.31. The molecule has 5 nitrogen and oxygen atoms in total. The van der Waals surface area contributed by atoms with Crippen LogP contribution in [0.3, 0.4) is 0 Å². The molecule has 27 heavy (non-hydrogen) atoms. The number of carbonyl (C=O) groups excluding carboxylic acids is 2. The van der Waals surface area contributed by atoms with Crippen molar-refractivity contribution in [3.05, 3.63) is 81.7 Å². The summed E-state index contributed by atoms with van der Waals surface area (Å²) in [6.45, 7) is 2.47. The maximum Gasteiger partial charge on any atom is 0.255 e. The Morgan fingerprint density at radius 3 is 2.78 bits per heavy atom. The maximum atomic E-state index is 12.9. The topological polar surface area (TPSA) is 62.3 Å². The monoisotopic (exact) mass is 377 g/mol. The quantitative estimate of drug-likeness (QED) is 0.726. The van der Waals surface area contributed by atoms with E-state index in [1.54, 1.807) is 28.5 Å². The summed E-state index contributed by atoms with van der Waals surface area (Å²) < 4.78 is 0. The van der Waals surface area contributed by atoms with Gasteiger partial charge in [-0.25, -0.2) is 4.98 Å². The molecule has 0 fully saturated rings. The van der Waals surface area contributed by atoms with Crippen molar-refractivity contribution in [2.24, 2.45) is 0 Å². The number of nitrogens with one attached hydrogen (secondary N) is 1. The van der Waals surface area contributed by atoms with Crippen LogP contribution >= 0.6 is 11.3 Å². The van der Waals surface area contributed by atoms with Gasteiger partial charge in [0.05, 0.1) is 12.5 Å². The summed E-state index contributed by atoms with van der Waals surface area (Å²) in [6.07, 6.45) is 1.91. The predicted molar refractivity (Wildman–Crippen MR) is 106 cm³/mol. The van der Waals surface area contributed by atoms with Gasteiger partial charge in [0.15, 0.2) is 0 Å². The summed E-state index contributed by atoms with van der Waals surface area (Å²) in [5.74, 6) is 0.338. The van der Waals surface area contributed by atoms with E-state index in [0.29, 0.717) is 12.4 Å². The number of carbonyl (C=O) groups is 2. The molecule has 1 atom stereocenters. The number of anilines is 1. The van der Waals surface area contributed by atoms with Crippen molar-refractivity contribution in [3.8, 4) is 0 Å². The van der Waals surface area contributed by atoms with E-state index < -0.39 is 0 Å². The fraction of sp³-hybridized carbons (Fsp3) is 0.190. The number of fused-ring (bicyclic) bond motifs is 1. The minimum atomic E-state index is -0.296. The van der Waals surface area contributed by atoms with Gasteiger partial charge in [0.1, 0.15) is 5.82 Å². The van der Waals surface area contributed by atoms with Crippen molar-refractivity contribution in [2.75, 3.05) is 5.32 Å². The molecule has 1 aromatic carbocycles. The minimum Gasteiger partial charge on any atom is -0.326 e. The van der Waals surface area contributed by atoms with Gasteiger partial charge >= 0.3 is 0 Å². The third-order valence-electron chi connectivity index (χ3n) is 4.65. The van der Waals surface area contributed by atoms with Crippen molar-refractivity contribution in [1.29, 1.82) is 0 Å². The largest absolute Gasteiger partial charge is 0.326 e. The van der Waals surface area contributed by atoms with Crippen LogP contribution in [0.4, 0.5) is 5.82 Å². The SMILES string of the molecule is Cc1ccc(NC(=O)C[C@@H](c2cccs2)N2Cc3ccccc3C2=O)nc1. The Bertz CT molecular complexity index is 967. The number of nitrogens with zero attached hydrogens (tertiary/aromatic N) is 2. The first-order valence-electron chi connectivity index (χ1n) is 8.76. The summed E-state index contributed by atoms with van der Waals surface area (Å²) in [5.41, 5.74) is 2.76. The zero-order valence-corrected chi connectivity index (χ0v) is 15.7. The van der Waals surface area contributed by atoms with E-state index in [0.717, 1.165) is 21.6 Å². The molecule has 0 bridgehead atoms. The summed E-state index contributed by atoms with van der Waals surface area (Å²) in [7, 11) is 0. The number of pyridine rings is 1. The van der Waals surface area contributed by atoms with Gasteiger partial charge in [0.25, 0.3) is 5.91 Å². The zero-order valence-electron chi connectivity index (χ0n) is 14.9. The molecule has 6 heteroatoms. The highest BCUT2D eigenvalue weighted by Gasteiger charge is 2.34. The third-order valence-corrected chi connectivity index (χ3v) is 5.63. The van der Waals surface area contributed by atoms with E-state index in [9.17, 15) is 9.59 Å². The van der Waals surface area contributed by atoms with Crippen LogP contribution in [-0.4, -0.2) is 21.7 Å². The maximum absolute atomic E-state index is 12.9. The van der Waals surface area contributed by atoms with Crippen LogP contribution in [0.1, 0.15) is 38.8 Å². The van der Waals surface area contributed by atoms with E-state index in [4.69, 9.17) is 0 Å². The summed E-state index contributed by atoms with van der Waals surface area (Å²) in [5, 5.41) is 4.81. The van der Waals surface area contributed by atoms with E-state index >= 15 is 0 Å². The fourth-order valence-electron chi connectivity index (χ4n) is 3.29. The number of aromatic nitrogens is 1. The third kappa shape index (κ3) is 3.61. The highest BCUT2D eigenvalue weighted by molar-refractivity contribution is 7.10. The second kappa shape index (κ2) is 7.32. The lowest BCUT2D eigenvalue weighted by atomic mass is 10.1. The molecule has 4 rings (SSSR count). The Hall–Kier alpha value is -2.99. The van der Waals surface area contributed by atoms with Gasteiger partial charge < -0.3 is 10.2 Å². The normalized spacial score (nSPS) is 14.1. The average Bonchev–Trinajstić information content (AvgIpc) is 3.31. The number of hydrogen-bond donors (Lipinski definition) is 1. The lowest BCUT2D eigenvalue weighted by molar-refractivity contribution is -0.117. The van der Waals surface area contributed by atoms with Gasteiger partial charge in [-0.2, -0.15) is 0 Å². The Morgan fingerprint density at radius 2 is 2.07 bits per heavy atom. The average molecular weight is 377 g/mol. The van der Waals surface area contributed by atoms with Crippen LogP contribution in [0.5, 0.6) is 0 Å². The van der Waals surface area contributed by atoms with E-state index in [-0.39, 0.29) is 24.3 Å². The van der Waals surface area contributed by atoms with Crippen LogP contribution in [0, 0.1) is 6.92 Å². The van der Waals surface area contributed by atoms with Gasteiger partial charge in [-0.3, -0.25) is 9.59 Å². The van der Waals surface area contributed by atoms with Gasteiger partial charge in [0.2, 0.25) is 5.91 Å². The lowest BCUT2D eigenvalue weighted by Gasteiger charge is -2.26. The molecule has 3 heterocycles. The molecule has 1 aliphatic heterocycles. The minimum absolute atomic E-state index is 0.0229. The molecule has 0 saturated carbocycles. The molecule has 2 amide bonds. The first kappa shape index (κ1) is 17.4. The molecule has 0 saturated heterocycles. The van der Waals surface area contributed by atoms with Crippen molar-refractivity contribution in [3.63, 3.8) is 0 Å². The van der Waals surface area contributed by atoms with Crippen molar-refractivity contribution in [2.45, 2.75) is 25.9 Å². The van der Waals surface area contributed by atoms with Crippen LogP contribution in [0.25, 0.3) is 0 Å². The van der Waals surface area contributed by atoms with Crippen LogP contribution in [-0.2, 0) is 11.3 Å². The van der Waals surface area contributed by atoms with Crippen LogP contribution < -0.4 is 5.32 Å². The molecular formula is C21H19N3O2S. The Morgan fingerprint density at radius 1 is 1.22 bits per heavy atom. The van der Waals surface area contributed by atoms with E-state index in [1.807, 2.05) is 54.8 Å². The van der Waals surface area contributed by atoms with Gasteiger partial charge in [-0.1, -0.05) is 30.3 Å². The van der Waals surface area contributed by atoms with Gasteiger partial charge in [0, 0.05) is 23.2 Å². The second-order valence-corrected chi connectivity index (χ2v) is 7.57. The molecule has 1 N–H and O–H groups in total. The van der Waals surface area contributed by atoms with Crippen LogP contribution in [0.15, 0.2) is 60.1 Å². The molecule has 0 spiro atoms. The second-order valence-electron chi connectivity index (χ2n) is 6.59. The number of thiophene rings is 1. The molecule has 136 valence electrons. The van der Waals surface area contributed by atoms with Gasteiger partial charge in [-0.15, -0.1) is 11.3 Å². The Labute approximate surface area is 161 Å². The van der Waals surface area contributed by atoms with Crippen molar-refractivity contribution in [1.82, 2.24) is 9.88 Å². The molecular weight excluding hydrogens is 358 g/mol. The summed E-state index contributed by atoms with van der Waals surface area (Å²) >= 11 is 1.56. The molecule has 1 aliphatic rings. The predicted octanol–water partition coefficient (Wildman–Crippen LogP) is 4.18. The first-order chi connectivity index (χ1) is 13.1. The van der Waals surface area contributed by atoms with Gasteiger partial charge in [-0.05, 0) is 41.6 Å². The first-order valence-corrected chi connectivity index (χ1v) is 9.64. The number of aryl methyl sites for hydroxylation is 1. The Kier molecular flexibility index (Phi) is 4.73. The summed E-state index contributed by atoms with van der Waals surface area (Å²) in [6, 6.07) is 14.9. The Balaban J connectivity index is 1.55. The van der Waals surface area contributed by atoms with E-state index in [2.05, 4.69) is 10.3 Å². The molecule has 0 radical (unpaired) electrons. The van der Waals surface area contributed by atoms with Crippen molar-refractivity contribution < 1.29 is 9.59 Å². The number of rotatable bonds is 5. The molecule has 3 aromatic rings. The number of hydrogen-bond acceptors (Lipinski definition) is 4. The molecule has 0 aliphatic carbocycles. The number of benzene rings is 1. The van der Waals surface area contributed by atoms with Crippen LogP contribution in [0.2, 0.25) is 0 Å². The highest BCUT2D eigenvalue weighted by Crippen LogP contribution is 2.35. The van der Waals surface area contributed by atoms with Crippen molar-refractivity contribution >= 4 is 29.0 Å². The number of amides is 2. The standard InChI is InChI=1S/C21H19N3O2S/c1-14-8-9-19(22-12-14)23-20(25)11-17(18-7-4-10-27-18)24-13-15-5-2-3-6-16(15)21(24)26/h2-10,12,17H,11,13H2,1H3,(H,22,23,25)/t17-/m0/s1. The highest BCUT2D eigenvalue weighted by atomic mass is 32.1. The van der Waals surface area contributed by atoms with E-state index in [1.165, 1.54) is 0 Å². The summed E-state index contributed by atoms with van der Waals surface area (Å²) in [4.78, 5) is 32.6. The smallest absolute Gasteiger partial charge is 0.255 e. The zero-order chi connectivity index (χ0) is 18.8. The molecule has 0 unspecified atom stereocenters.